The zero-order valence-electron chi connectivity index (χ0n) is 9.07. The minimum Gasteiger partial charge on any atom is -0.489 e. The van der Waals surface area contributed by atoms with E-state index in [-0.39, 0.29) is 18.6 Å². The molecule has 0 aromatic heterocycles. The Bertz CT molecular complexity index is 358. The number of nitrogens with two attached hydrogens (primary N) is 1. The average Bonchev–Trinajstić information content (AvgIpc) is 2.26. The van der Waals surface area contributed by atoms with E-state index >= 15 is 0 Å². The Morgan fingerprint density at radius 1 is 1.62 bits per heavy atom. The molecule has 0 bridgehead atoms. The highest BCUT2D eigenvalue weighted by Gasteiger charge is 2.05. The summed E-state index contributed by atoms with van der Waals surface area (Å²) in [5, 5.41) is 3.27. The van der Waals surface area contributed by atoms with Gasteiger partial charge in [-0.3, -0.25) is 4.79 Å². The summed E-state index contributed by atoms with van der Waals surface area (Å²) in [7, 11) is 0. The fourth-order valence-electron chi connectivity index (χ4n) is 1.14. The number of hydrogen-bond donors (Lipinski definition) is 2. The number of benzene rings is 1. The number of ether oxygens (including phenoxy) is 1. The molecular formula is C11H15ClN2O2. The third-order valence-electron chi connectivity index (χ3n) is 1.91. The Balaban J connectivity index is 2.39. The van der Waals surface area contributed by atoms with E-state index < -0.39 is 0 Å². The molecule has 0 aliphatic rings. The predicted molar refractivity (Wildman–Crippen MR) is 63.6 cm³/mol. The van der Waals surface area contributed by atoms with Gasteiger partial charge in [-0.1, -0.05) is 17.7 Å². The van der Waals surface area contributed by atoms with Gasteiger partial charge in [0.2, 0.25) is 5.91 Å². The van der Waals surface area contributed by atoms with E-state index in [1.165, 1.54) is 0 Å². The lowest BCUT2D eigenvalue weighted by atomic mass is 10.3. The van der Waals surface area contributed by atoms with E-state index in [2.05, 4.69) is 5.32 Å². The number of hydrogen-bond acceptors (Lipinski definition) is 3. The highest BCUT2D eigenvalue weighted by Crippen LogP contribution is 2.18. The Kier molecular flexibility index (Phi) is 5.08. The molecule has 1 amide bonds. The Labute approximate surface area is 99.7 Å². The standard InChI is InChI=1S/C11H15ClN2O2/c1-8(7-14-11(15)6-13)16-10-4-2-3-9(12)5-10/h2-5,8H,6-7,13H2,1H3,(H,14,15). The molecule has 1 aromatic carbocycles. The van der Waals surface area contributed by atoms with Crippen LogP contribution in [0.15, 0.2) is 24.3 Å². The Hall–Kier alpha value is -1.26. The second-order valence-electron chi connectivity index (χ2n) is 3.39. The molecule has 1 unspecified atom stereocenters. The molecule has 0 fully saturated rings. The van der Waals surface area contributed by atoms with Gasteiger partial charge in [-0.05, 0) is 25.1 Å². The van der Waals surface area contributed by atoms with Gasteiger partial charge in [0, 0.05) is 5.02 Å². The van der Waals surface area contributed by atoms with Crippen molar-refractivity contribution in [1.82, 2.24) is 5.32 Å². The number of carbonyl (C=O) groups excluding carboxylic acids is 1. The van der Waals surface area contributed by atoms with Gasteiger partial charge in [-0.15, -0.1) is 0 Å². The van der Waals surface area contributed by atoms with Gasteiger partial charge >= 0.3 is 0 Å². The van der Waals surface area contributed by atoms with Gasteiger partial charge < -0.3 is 15.8 Å². The molecule has 0 saturated heterocycles. The van der Waals surface area contributed by atoms with Crippen LogP contribution in [0, 0.1) is 0 Å². The minimum atomic E-state index is -0.193. The second kappa shape index (κ2) is 6.35. The highest BCUT2D eigenvalue weighted by molar-refractivity contribution is 6.30. The summed E-state index contributed by atoms with van der Waals surface area (Å²) in [5.41, 5.74) is 5.16. The number of halogens is 1. The van der Waals surface area contributed by atoms with E-state index in [0.29, 0.717) is 17.3 Å². The Morgan fingerprint density at radius 3 is 3.00 bits per heavy atom. The van der Waals surface area contributed by atoms with E-state index in [9.17, 15) is 4.79 Å². The van der Waals surface area contributed by atoms with Crippen LogP contribution in [0.3, 0.4) is 0 Å². The lowest BCUT2D eigenvalue weighted by Crippen LogP contribution is -2.37. The third kappa shape index (κ3) is 4.51. The van der Waals surface area contributed by atoms with Gasteiger partial charge in [0.15, 0.2) is 0 Å². The molecule has 0 spiro atoms. The zero-order chi connectivity index (χ0) is 12.0. The number of carbonyl (C=O) groups is 1. The van der Waals surface area contributed by atoms with Crippen molar-refractivity contribution in [1.29, 1.82) is 0 Å². The summed E-state index contributed by atoms with van der Waals surface area (Å²) < 4.78 is 5.55. The fourth-order valence-corrected chi connectivity index (χ4v) is 1.32. The second-order valence-corrected chi connectivity index (χ2v) is 3.83. The molecule has 0 radical (unpaired) electrons. The van der Waals surface area contributed by atoms with Crippen LogP contribution >= 0.6 is 11.6 Å². The molecule has 0 aliphatic heterocycles. The molecule has 1 aromatic rings. The summed E-state index contributed by atoms with van der Waals surface area (Å²) >= 11 is 5.81. The first-order valence-corrected chi connectivity index (χ1v) is 5.38. The molecular weight excluding hydrogens is 228 g/mol. The van der Waals surface area contributed by atoms with Gasteiger partial charge in [-0.25, -0.2) is 0 Å². The van der Waals surface area contributed by atoms with Crippen LogP contribution in [-0.2, 0) is 4.79 Å². The molecule has 1 rings (SSSR count). The zero-order valence-corrected chi connectivity index (χ0v) is 9.83. The van der Waals surface area contributed by atoms with Crippen molar-refractivity contribution in [3.8, 4) is 5.75 Å². The van der Waals surface area contributed by atoms with Crippen molar-refractivity contribution in [2.24, 2.45) is 5.73 Å². The first-order chi connectivity index (χ1) is 7.61. The van der Waals surface area contributed by atoms with E-state index in [1.807, 2.05) is 19.1 Å². The summed E-state index contributed by atoms with van der Waals surface area (Å²) in [6, 6.07) is 7.12. The number of nitrogens with one attached hydrogen (secondary N) is 1. The fraction of sp³-hybridized carbons (Fsp3) is 0.364. The highest BCUT2D eigenvalue weighted by atomic mass is 35.5. The smallest absolute Gasteiger partial charge is 0.233 e. The lowest BCUT2D eigenvalue weighted by molar-refractivity contribution is -0.120. The molecule has 5 heteroatoms. The maximum absolute atomic E-state index is 10.9. The first kappa shape index (κ1) is 12.8. The third-order valence-corrected chi connectivity index (χ3v) is 2.14. The van der Waals surface area contributed by atoms with Gasteiger partial charge in [0.05, 0.1) is 13.1 Å². The number of amides is 1. The summed E-state index contributed by atoms with van der Waals surface area (Å²) in [4.78, 5) is 10.9. The molecule has 4 nitrogen and oxygen atoms in total. The quantitative estimate of drug-likeness (QED) is 0.815. The molecule has 16 heavy (non-hydrogen) atoms. The SMILES string of the molecule is CC(CNC(=O)CN)Oc1cccc(Cl)c1. The average molecular weight is 243 g/mol. The maximum atomic E-state index is 10.9. The number of rotatable bonds is 5. The molecule has 1 atom stereocenters. The maximum Gasteiger partial charge on any atom is 0.233 e. The normalized spacial score (nSPS) is 11.9. The van der Waals surface area contributed by atoms with E-state index in [4.69, 9.17) is 22.1 Å². The molecule has 3 N–H and O–H groups in total. The van der Waals surface area contributed by atoms with Crippen LogP contribution in [0.2, 0.25) is 5.02 Å². The monoisotopic (exact) mass is 242 g/mol. The predicted octanol–water partition coefficient (Wildman–Crippen LogP) is 1.18. The Morgan fingerprint density at radius 2 is 2.38 bits per heavy atom. The minimum absolute atomic E-state index is 0.0100. The van der Waals surface area contributed by atoms with Crippen molar-refractivity contribution < 1.29 is 9.53 Å². The van der Waals surface area contributed by atoms with Crippen molar-refractivity contribution >= 4 is 17.5 Å². The molecule has 88 valence electrons. The van der Waals surface area contributed by atoms with E-state index in [0.717, 1.165) is 0 Å². The van der Waals surface area contributed by atoms with Gasteiger partial charge in [0.25, 0.3) is 0 Å². The first-order valence-electron chi connectivity index (χ1n) is 5.01. The van der Waals surface area contributed by atoms with Crippen LogP contribution in [0.5, 0.6) is 5.75 Å². The van der Waals surface area contributed by atoms with Crippen LogP contribution in [0.1, 0.15) is 6.92 Å². The lowest BCUT2D eigenvalue weighted by Gasteiger charge is -2.15. The largest absolute Gasteiger partial charge is 0.489 e. The van der Waals surface area contributed by atoms with Crippen LogP contribution in [-0.4, -0.2) is 25.1 Å². The van der Waals surface area contributed by atoms with Gasteiger partial charge in [-0.2, -0.15) is 0 Å². The summed E-state index contributed by atoms with van der Waals surface area (Å²) in [5.74, 6) is 0.489. The van der Waals surface area contributed by atoms with Crippen LogP contribution in [0.4, 0.5) is 0 Å². The summed E-state index contributed by atoms with van der Waals surface area (Å²) in [6.07, 6.45) is -0.131. The molecule has 0 saturated carbocycles. The molecule has 0 aliphatic carbocycles. The van der Waals surface area contributed by atoms with Crippen molar-refractivity contribution in [2.45, 2.75) is 13.0 Å². The van der Waals surface area contributed by atoms with Crippen molar-refractivity contribution in [3.05, 3.63) is 29.3 Å². The summed E-state index contributed by atoms with van der Waals surface area (Å²) in [6.45, 7) is 2.27. The van der Waals surface area contributed by atoms with Crippen molar-refractivity contribution in [2.75, 3.05) is 13.1 Å². The van der Waals surface area contributed by atoms with Crippen LogP contribution in [0.25, 0.3) is 0 Å². The van der Waals surface area contributed by atoms with Crippen molar-refractivity contribution in [3.63, 3.8) is 0 Å². The van der Waals surface area contributed by atoms with Crippen LogP contribution < -0.4 is 15.8 Å². The topological polar surface area (TPSA) is 64.4 Å². The molecule has 0 heterocycles. The van der Waals surface area contributed by atoms with Gasteiger partial charge in [0.1, 0.15) is 11.9 Å². The van der Waals surface area contributed by atoms with E-state index in [1.54, 1.807) is 12.1 Å².